The van der Waals surface area contributed by atoms with E-state index in [1.165, 1.54) is 12.3 Å². The van der Waals surface area contributed by atoms with Gasteiger partial charge in [0.15, 0.2) is 0 Å². The quantitative estimate of drug-likeness (QED) is 0.156. The van der Waals surface area contributed by atoms with Gasteiger partial charge < -0.3 is 33.8 Å². The molecule has 3 aliphatic heterocycles. The number of amides is 1. The number of piperazine rings is 1. The van der Waals surface area contributed by atoms with Crippen molar-refractivity contribution >= 4 is 36.6 Å². The number of rotatable bonds is 11. The number of nitrogens with zero attached hydrogens (tertiary/aromatic N) is 9. The lowest BCUT2D eigenvalue weighted by Gasteiger charge is -2.42. The summed E-state index contributed by atoms with van der Waals surface area (Å²) in [4.78, 5) is 30.5. The fourth-order valence-corrected chi connectivity index (χ4v) is 8.25. The number of aromatic nitrogens is 4. The Morgan fingerprint density at radius 1 is 1.05 bits per heavy atom. The lowest BCUT2D eigenvalue weighted by Crippen LogP contribution is -2.56. The van der Waals surface area contributed by atoms with Crippen LogP contribution in [0, 0.1) is 11.3 Å². The Labute approximate surface area is 322 Å². The van der Waals surface area contributed by atoms with E-state index in [0.717, 1.165) is 37.1 Å². The van der Waals surface area contributed by atoms with E-state index in [1.54, 1.807) is 35.3 Å². The molecule has 3 aromatic rings. The third kappa shape index (κ3) is 9.64. The van der Waals surface area contributed by atoms with Gasteiger partial charge in [-0.2, -0.15) is 33.5 Å². The van der Waals surface area contributed by atoms with Gasteiger partial charge in [-0.05, 0) is 71.8 Å². The minimum atomic E-state index is -4.61. The number of carbonyl (C=O) groups is 1. The van der Waals surface area contributed by atoms with Crippen molar-refractivity contribution in [2.75, 3.05) is 62.8 Å². The Morgan fingerprint density at radius 3 is 2.51 bits per heavy atom. The summed E-state index contributed by atoms with van der Waals surface area (Å²) in [6, 6.07) is 5.67. The smallest absolute Gasteiger partial charge is 0.418 e. The molecule has 17 heteroatoms. The fraction of sp³-hybridized carbons (Fsp3) is 0.658. The number of fused-ring (bicyclic) bond motifs is 2. The van der Waals surface area contributed by atoms with E-state index in [4.69, 9.17) is 24.2 Å². The molecule has 55 heavy (non-hydrogen) atoms. The maximum absolute atomic E-state index is 14.7. The molecule has 3 aliphatic rings. The van der Waals surface area contributed by atoms with Gasteiger partial charge in [0.25, 0.3) is 0 Å². The molecule has 2 aromatic heterocycles. The number of likely N-dealkylation sites (tertiary alicyclic amines) is 1. The first-order valence-electron chi connectivity index (χ1n) is 19.1. The minimum Gasteiger partial charge on any atom is -0.462 e. The average molecular weight is 786 g/mol. The molecule has 0 N–H and O–H groups in total. The molecule has 0 saturated carbocycles. The number of anilines is 2. The Hall–Kier alpha value is -4.14. The predicted molar refractivity (Wildman–Crippen MR) is 206 cm³/mol. The van der Waals surface area contributed by atoms with Crippen LogP contribution in [0.3, 0.4) is 0 Å². The third-order valence-corrected chi connectivity index (χ3v) is 12.2. The summed E-state index contributed by atoms with van der Waals surface area (Å²) in [5.74, 6) is 0.615. The molecule has 1 aromatic carbocycles. The zero-order valence-electron chi connectivity index (χ0n) is 33.1. The summed E-state index contributed by atoms with van der Waals surface area (Å²) in [6.07, 6.45) is -1.09. The van der Waals surface area contributed by atoms with Gasteiger partial charge in [0.05, 0.1) is 53.7 Å². The number of benzene rings is 1. The van der Waals surface area contributed by atoms with E-state index in [9.17, 15) is 23.2 Å². The summed E-state index contributed by atoms with van der Waals surface area (Å²) in [5.41, 5.74) is 0.564. The van der Waals surface area contributed by atoms with E-state index in [2.05, 4.69) is 42.8 Å². The Bertz CT molecular complexity index is 1890. The van der Waals surface area contributed by atoms with Crippen LogP contribution in [-0.2, 0) is 35.3 Å². The minimum absolute atomic E-state index is 0.0549. The van der Waals surface area contributed by atoms with Crippen molar-refractivity contribution in [3.63, 3.8) is 0 Å². The van der Waals surface area contributed by atoms with E-state index in [-0.39, 0.29) is 44.0 Å². The summed E-state index contributed by atoms with van der Waals surface area (Å²) >= 11 is 0. The number of hydrogen-bond donors (Lipinski definition) is 0. The summed E-state index contributed by atoms with van der Waals surface area (Å²) < 4.78 is 63.7. The van der Waals surface area contributed by atoms with E-state index < -0.39 is 37.5 Å². The SMILES string of the molecule is CN1CCC[C@H]1COc1nc2c(c(N3CCN(C(=O)OC(C)(C)C)C(CC#N)C3)n1)CCN(c1c(C(F)(F)F)ccc3c1cnn3COCC[Si](C)(C)C)C2. The number of ether oxygens (including phenoxy) is 3. The lowest BCUT2D eigenvalue weighted by atomic mass is 10.00. The van der Waals surface area contributed by atoms with Crippen LogP contribution in [-0.4, -0.2) is 114 Å². The summed E-state index contributed by atoms with van der Waals surface area (Å²) in [5, 5.41) is 14.6. The second-order valence-corrected chi connectivity index (χ2v) is 22.7. The van der Waals surface area contributed by atoms with Crippen molar-refractivity contribution in [3.8, 4) is 12.1 Å². The maximum atomic E-state index is 14.7. The molecule has 5 heterocycles. The van der Waals surface area contributed by atoms with Gasteiger partial charge >= 0.3 is 18.3 Å². The van der Waals surface area contributed by atoms with Crippen LogP contribution in [0.2, 0.25) is 25.7 Å². The molecule has 1 unspecified atom stereocenters. The monoisotopic (exact) mass is 785 g/mol. The van der Waals surface area contributed by atoms with Crippen LogP contribution < -0.4 is 14.5 Å². The molecule has 2 atom stereocenters. The standard InChI is InChI=1S/C38H54F3N9O4Si/c1-37(2,3)54-36(51)49-18-17-48(22-26(49)12-14-42)34-28-13-16-47(23-31(28)44-35(45-34)53-24-27-9-8-15-46(27)4)33-29-21-43-50(25-52-19-20-55(5,6)7)32(29)11-10-30(33)38(39,40)41/h10-11,21,26-27H,8-9,12-13,15-20,22-25H2,1-7H3/t26?,27-/m0/s1. The average Bonchev–Trinajstić information content (AvgIpc) is 3.72. The molecular formula is C38H54F3N9O4Si. The van der Waals surface area contributed by atoms with Crippen molar-refractivity contribution in [2.24, 2.45) is 0 Å². The number of nitriles is 1. The number of halogens is 3. The van der Waals surface area contributed by atoms with Crippen LogP contribution in [0.5, 0.6) is 6.01 Å². The highest BCUT2D eigenvalue weighted by Crippen LogP contribution is 2.43. The molecule has 6 rings (SSSR count). The highest BCUT2D eigenvalue weighted by atomic mass is 28.3. The van der Waals surface area contributed by atoms with E-state index in [0.29, 0.717) is 61.7 Å². The summed E-state index contributed by atoms with van der Waals surface area (Å²) in [7, 11) is 0.729. The van der Waals surface area contributed by atoms with Crippen LogP contribution in [0.4, 0.5) is 29.5 Å². The Balaban J connectivity index is 1.33. The molecule has 2 saturated heterocycles. The Kier molecular flexibility index (Phi) is 11.9. The van der Waals surface area contributed by atoms with Crippen molar-refractivity contribution in [1.82, 2.24) is 29.5 Å². The van der Waals surface area contributed by atoms with Gasteiger partial charge in [-0.1, -0.05) is 19.6 Å². The molecule has 0 radical (unpaired) electrons. The van der Waals surface area contributed by atoms with Crippen molar-refractivity contribution in [3.05, 3.63) is 35.2 Å². The van der Waals surface area contributed by atoms with Gasteiger partial charge in [-0.3, -0.25) is 0 Å². The molecule has 2 fully saturated rings. The van der Waals surface area contributed by atoms with Gasteiger partial charge in [0, 0.05) is 57.9 Å². The summed E-state index contributed by atoms with van der Waals surface area (Å²) in [6.45, 7) is 15.6. The second-order valence-electron chi connectivity index (χ2n) is 17.0. The zero-order valence-corrected chi connectivity index (χ0v) is 34.1. The third-order valence-electron chi connectivity index (χ3n) is 10.5. The number of likely N-dealkylation sites (N-methyl/N-ethyl adjacent to an activating group) is 1. The highest BCUT2D eigenvalue weighted by Gasteiger charge is 2.39. The van der Waals surface area contributed by atoms with Gasteiger partial charge in [0.2, 0.25) is 0 Å². The van der Waals surface area contributed by atoms with Crippen molar-refractivity contribution in [1.29, 1.82) is 5.26 Å². The van der Waals surface area contributed by atoms with Gasteiger partial charge in [-0.25, -0.2) is 9.48 Å². The first-order chi connectivity index (χ1) is 25.9. The fourth-order valence-electron chi connectivity index (χ4n) is 7.50. The van der Waals surface area contributed by atoms with Gasteiger partial charge in [0.1, 0.15) is 24.8 Å². The van der Waals surface area contributed by atoms with Crippen LogP contribution in [0.25, 0.3) is 10.9 Å². The second kappa shape index (κ2) is 16.1. The molecule has 0 spiro atoms. The van der Waals surface area contributed by atoms with Gasteiger partial charge in [-0.15, -0.1) is 0 Å². The topological polar surface area (TPSA) is 125 Å². The molecule has 1 amide bonds. The van der Waals surface area contributed by atoms with Crippen molar-refractivity contribution in [2.45, 2.75) is 109 Å². The first-order valence-corrected chi connectivity index (χ1v) is 22.9. The zero-order chi connectivity index (χ0) is 39.7. The van der Waals surface area contributed by atoms with Crippen molar-refractivity contribution < 1.29 is 32.2 Å². The van der Waals surface area contributed by atoms with Crippen LogP contribution in [0.1, 0.15) is 56.9 Å². The lowest BCUT2D eigenvalue weighted by molar-refractivity contribution is -0.137. The predicted octanol–water partition coefficient (Wildman–Crippen LogP) is 6.53. The van der Waals surface area contributed by atoms with E-state index in [1.807, 2.05) is 4.90 Å². The van der Waals surface area contributed by atoms with Crippen LogP contribution >= 0.6 is 0 Å². The molecular weight excluding hydrogens is 732 g/mol. The number of alkyl halides is 3. The normalized spacial score (nSPS) is 19.8. The maximum Gasteiger partial charge on any atom is 0.418 e. The van der Waals surface area contributed by atoms with E-state index >= 15 is 0 Å². The largest absolute Gasteiger partial charge is 0.462 e. The molecule has 13 nitrogen and oxygen atoms in total. The highest BCUT2D eigenvalue weighted by molar-refractivity contribution is 6.76. The number of carbonyl (C=O) groups excluding carboxylic acids is 1. The first kappa shape index (κ1) is 40.5. The number of hydrogen-bond acceptors (Lipinski definition) is 11. The Morgan fingerprint density at radius 2 is 1.84 bits per heavy atom. The molecule has 300 valence electrons. The molecule has 0 bridgehead atoms. The molecule has 0 aliphatic carbocycles. The van der Waals surface area contributed by atoms with Crippen LogP contribution in [0.15, 0.2) is 18.3 Å².